The number of rotatable bonds is 16. The fourth-order valence-electron chi connectivity index (χ4n) is 4.11. The van der Waals surface area contributed by atoms with Gasteiger partial charge in [-0.2, -0.15) is 0 Å². The summed E-state index contributed by atoms with van der Waals surface area (Å²) in [7, 11) is 0. The zero-order valence-electron chi connectivity index (χ0n) is 17.9. The van der Waals surface area contributed by atoms with Crippen LogP contribution < -0.4 is 0 Å². The maximum Gasteiger partial charge on any atom is 0.200 e. The van der Waals surface area contributed by atoms with Crippen LogP contribution >= 0.6 is 0 Å². The van der Waals surface area contributed by atoms with Crippen LogP contribution in [0.1, 0.15) is 104 Å². The summed E-state index contributed by atoms with van der Waals surface area (Å²) >= 11 is 0. The fraction of sp³-hybridized carbons (Fsp3) is 0.870. The molecule has 2 atom stereocenters. The minimum Gasteiger partial charge on any atom is -0.345 e. The van der Waals surface area contributed by atoms with E-state index in [2.05, 4.69) is 26.0 Å². The number of likely N-dealkylation sites (N-methyl/N-ethyl adjacent to an activating group) is 1. The zero-order chi connectivity index (χ0) is 19.1. The Kier molecular flexibility index (Phi) is 12.9. The summed E-state index contributed by atoms with van der Waals surface area (Å²) in [6, 6.07) is 0. The quantitative estimate of drug-likeness (QED) is 0.196. The molecule has 26 heavy (non-hydrogen) atoms. The molecule has 1 rings (SSSR count). The van der Waals surface area contributed by atoms with Gasteiger partial charge in [0.1, 0.15) is 6.54 Å². The lowest BCUT2D eigenvalue weighted by molar-refractivity contribution is -0.882. The van der Waals surface area contributed by atoms with Gasteiger partial charge in [-0.05, 0) is 39.0 Å². The lowest BCUT2D eigenvalue weighted by Gasteiger charge is -2.36. The van der Waals surface area contributed by atoms with Gasteiger partial charge < -0.3 is 5.11 Å². The van der Waals surface area contributed by atoms with Gasteiger partial charge in [0.05, 0.1) is 13.1 Å². The zero-order valence-corrected chi connectivity index (χ0v) is 17.9. The van der Waals surface area contributed by atoms with Crippen molar-refractivity contribution < 1.29 is 9.59 Å². The van der Waals surface area contributed by atoms with Gasteiger partial charge in [0, 0.05) is 13.3 Å². The van der Waals surface area contributed by atoms with Crippen LogP contribution in [-0.4, -0.2) is 41.3 Å². The highest BCUT2D eigenvalue weighted by Crippen LogP contribution is 2.22. The summed E-state index contributed by atoms with van der Waals surface area (Å²) in [5, 5.41) is 10.2. The number of unbranched alkanes of at least 4 members (excludes halogenated alkanes) is 10. The predicted molar refractivity (Wildman–Crippen MR) is 114 cm³/mol. The number of hydrogen-bond acceptors (Lipinski definition) is 2. The second-order valence-electron chi connectivity index (χ2n) is 7.98. The van der Waals surface area contributed by atoms with Gasteiger partial charge in [-0.3, -0.25) is 4.48 Å². The average molecular weight is 366 g/mol. The van der Waals surface area contributed by atoms with E-state index < -0.39 is 0 Å². The van der Waals surface area contributed by atoms with Crippen molar-refractivity contribution in [2.75, 3.05) is 19.6 Å². The Morgan fingerprint density at radius 3 is 2.08 bits per heavy atom. The molecule has 0 aromatic rings. The van der Waals surface area contributed by atoms with Crippen LogP contribution in [0.3, 0.4) is 0 Å². The number of amidine groups is 1. The molecule has 2 unspecified atom stereocenters. The molecule has 0 bridgehead atoms. The molecule has 0 aromatic carbocycles. The van der Waals surface area contributed by atoms with Crippen LogP contribution in [-0.2, 0) is 0 Å². The van der Waals surface area contributed by atoms with Gasteiger partial charge in [0.2, 0.25) is 5.84 Å². The molecule has 0 saturated heterocycles. The topological polar surface area (TPSA) is 32.6 Å². The van der Waals surface area contributed by atoms with E-state index in [-0.39, 0.29) is 6.23 Å². The highest BCUT2D eigenvalue weighted by Gasteiger charge is 2.40. The van der Waals surface area contributed by atoms with Crippen molar-refractivity contribution in [3.8, 4) is 0 Å². The summed E-state index contributed by atoms with van der Waals surface area (Å²) in [5.41, 5.74) is 0. The molecule has 0 aromatic heterocycles. The van der Waals surface area contributed by atoms with Crippen LogP contribution in [0.4, 0.5) is 0 Å². The normalized spacial score (nSPS) is 21.5. The average Bonchev–Trinajstić information content (AvgIpc) is 3.06. The minimum absolute atomic E-state index is 0.321. The molecule has 0 saturated carbocycles. The standard InChI is InChI=1S/C23H45N2O/c1-4-6-7-8-9-10-11-12-13-14-15-16-17-18-19-23-24-20-21-25(23,5-2)22(3)26/h12-13,22,26H,4-11,14-21H2,1-3H3/q+1/b13-12+. The van der Waals surface area contributed by atoms with E-state index in [1.165, 1.54) is 82.9 Å². The van der Waals surface area contributed by atoms with Gasteiger partial charge in [-0.15, -0.1) is 0 Å². The number of quaternary nitrogens is 1. The Labute approximate surface area is 163 Å². The molecular formula is C23H45N2O+. The molecule has 1 heterocycles. The van der Waals surface area contributed by atoms with Crippen molar-refractivity contribution in [2.24, 2.45) is 4.99 Å². The summed E-state index contributed by atoms with van der Waals surface area (Å²) in [5.74, 6) is 1.24. The summed E-state index contributed by atoms with van der Waals surface area (Å²) in [6.45, 7) is 9.19. The van der Waals surface area contributed by atoms with Crippen molar-refractivity contribution in [3.05, 3.63) is 12.2 Å². The van der Waals surface area contributed by atoms with Crippen molar-refractivity contribution in [2.45, 2.75) is 110 Å². The van der Waals surface area contributed by atoms with Crippen LogP contribution in [0.2, 0.25) is 0 Å². The van der Waals surface area contributed by atoms with Crippen molar-refractivity contribution in [3.63, 3.8) is 0 Å². The number of hydrogen-bond donors (Lipinski definition) is 1. The van der Waals surface area contributed by atoms with Crippen molar-refractivity contribution in [1.29, 1.82) is 0 Å². The molecule has 3 nitrogen and oxygen atoms in total. The summed E-state index contributed by atoms with van der Waals surface area (Å²) < 4.78 is 0.710. The molecule has 1 aliphatic rings. The van der Waals surface area contributed by atoms with E-state index in [4.69, 9.17) is 4.99 Å². The van der Waals surface area contributed by atoms with Crippen LogP contribution in [0.5, 0.6) is 0 Å². The number of nitrogens with zero attached hydrogens (tertiary/aromatic N) is 2. The Bertz CT molecular complexity index is 403. The largest absolute Gasteiger partial charge is 0.345 e. The van der Waals surface area contributed by atoms with Crippen LogP contribution in [0.25, 0.3) is 0 Å². The Morgan fingerprint density at radius 2 is 1.50 bits per heavy atom. The predicted octanol–water partition coefficient (Wildman–Crippen LogP) is 6.22. The Morgan fingerprint density at radius 1 is 0.923 bits per heavy atom. The lowest BCUT2D eigenvalue weighted by atomic mass is 10.1. The molecule has 3 heteroatoms. The van der Waals surface area contributed by atoms with E-state index in [0.29, 0.717) is 4.48 Å². The fourth-order valence-corrected chi connectivity index (χ4v) is 4.11. The third-order valence-corrected chi connectivity index (χ3v) is 6.00. The van der Waals surface area contributed by atoms with E-state index in [1.54, 1.807) is 0 Å². The first-order valence-electron chi connectivity index (χ1n) is 11.4. The first-order valence-corrected chi connectivity index (χ1v) is 11.4. The number of aliphatic hydroxyl groups excluding tert-OH is 1. The first kappa shape index (κ1) is 23.4. The molecule has 152 valence electrons. The second-order valence-corrected chi connectivity index (χ2v) is 7.98. The van der Waals surface area contributed by atoms with Crippen LogP contribution in [0, 0.1) is 0 Å². The van der Waals surface area contributed by atoms with E-state index in [1.807, 2.05) is 6.92 Å². The molecule has 0 radical (unpaired) electrons. The van der Waals surface area contributed by atoms with E-state index in [0.717, 1.165) is 26.1 Å². The summed E-state index contributed by atoms with van der Waals surface area (Å²) in [4.78, 5) is 4.70. The monoisotopic (exact) mass is 365 g/mol. The number of aliphatic hydroxyl groups is 1. The van der Waals surface area contributed by atoms with E-state index in [9.17, 15) is 5.11 Å². The number of aliphatic imine (C=N–C) groups is 1. The second kappa shape index (κ2) is 14.4. The Balaban J connectivity index is 1.99. The maximum absolute atomic E-state index is 10.2. The first-order chi connectivity index (χ1) is 12.7. The van der Waals surface area contributed by atoms with Gasteiger partial charge in [0.25, 0.3) is 0 Å². The maximum atomic E-state index is 10.2. The molecule has 0 amide bonds. The lowest BCUT2D eigenvalue weighted by Crippen LogP contribution is -2.56. The SMILES string of the molecule is CCCCCCCC/C=C/CCCCCCC1=NCC[N+]1(CC)C(C)O. The molecular weight excluding hydrogens is 320 g/mol. The molecule has 0 aliphatic carbocycles. The molecule has 0 spiro atoms. The Hall–Kier alpha value is -0.670. The molecule has 1 N–H and O–H groups in total. The smallest absolute Gasteiger partial charge is 0.200 e. The van der Waals surface area contributed by atoms with Crippen molar-refractivity contribution in [1.82, 2.24) is 0 Å². The van der Waals surface area contributed by atoms with Gasteiger partial charge in [-0.1, -0.05) is 64.0 Å². The van der Waals surface area contributed by atoms with Gasteiger partial charge in [-0.25, -0.2) is 4.99 Å². The van der Waals surface area contributed by atoms with Gasteiger partial charge >= 0.3 is 0 Å². The third-order valence-electron chi connectivity index (χ3n) is 6.00. The molecule has 0 fully saturated rings. The van der Waals surface area contributed by atoms with Crippen LogP contribution in [0.15, 0.2) is 17.1 Å². The van der Waals surface area contributed by atoms with Gasteiger partial charge in [0.15, 0.2) is 6.23 Å². The highest BCUT2D eigenvalue weighted by molar-refractivity contribution is 5.76. The summed E-state index contributed by atoms with van der Waals surface area (Å²) in [6.07, 6.45) is 21.5. The van der Waals surface area contributed by atoms with E-state index >= 15 is 0 Å². The number of allylic oxidation sites excluding steroid dienone is 2. The minimum atomic E-state index is -0.321. The van der Waals surface area contributed by atoms with Crippen molar-refractivity contribution >= 4 is 5.84 Å². The highest BCUT2D eigenvalue weighted by atomic mass is 16.3. The molecule has 1 aliphatic heterocycles. The third kappa shape index (κ3) is 8.35.